The molecule has 4 nitrogen and oxygen atoms in total. The van der Waals surface area contributed by atoms with Crippen molar-refractivity contribution in [2.45, 2.75) is 26.4 Å². The van der Waals surface area contributed by atoms with Gasteiger partial charge in [0.05, 0.1) is 17.7 Å². The average Bonchev–Trinajstić information content (AvgIpc) is 2.49. The second-order valence-electron chi connectivity index (χ2n) is 3.65. The Labute approximate surface area is 124 Å². The van der Waals surface area contributed by atoms with Crippen LogP contribution in [0.3, 0.4) is 0 Å². The molecule has 0 aromatic carbocycles. The maximum Gasteiger partial charge on any atom is 0.417 e. The van der Waals surface area contributed by atoms with Gasteiger partial charge in [-0.1, -0.05) is 25.6 Å². The summed E-state index contributed by atoms with van der Waals surface area (Å²) in [6, 6.07) is 0.752. The van der Waals surface area contributed by atoms with E-state index in [1.165, 1.54) is 11.8 Å². The zero-order valence-electron chi connectivity index (χ0n) is 11.6. The molecule has 0 spiro atoms. The van der Waals surface area contributed by atoms with Crippen molar-refractivity contribution < 1.29 is 22.7 Å². The van der Waals surface area contributed by atoms with E-state index in [1.807, 2.05) is 13.8 Å². The number of hydrogen-bond acceptors (Lipinski definition) is 4. The largest absolute Gasteiger partial charge is 0.473 e. The van der Waals surface area contributed by atoms with Gasteiger partial charge in [-0.15, -0.1) is 0 Å². The van der Waals surface area contributed by atoms with E-state index in [1.54, 1.807) is 0 Å². The summed E-state index contributed by atoms with van der Waals surface area (Å²) < 4.78 is 43.3. The van der Waals surface area contributed by atoms with E-state index in [9.17, 15) is 18.0 Å². The fourth-order valence-corrected chi connectivity index (χ4v) is 2.19. The maximum absolute atomic E-state index is 12.7. The van der Waals surface area contributed by atoms with Crippen molar-refractivity contribution in [3.8, 4) is 0 Å². The Morgan fingerprint density at radius 1 is 1.43 bits per heavy atom. The smallest absolute Gasteiger partial charge is 0.417 e. The molecule has 0 bridgehead atoms. The van der Waals surface area contributed by atoms with Crippen molar-refractivity contribution in [2.75, 3.05) is 12.4 Å². The molecule has 1 aliphatic heterocycles. The molecule has 0 N–H and O–H groups in total. The lowest BCUT2D eigenvalue weighted by molar-refractivity contribution is -0.138. The highest BCUT2D eigenvalue weighted by Crippen LogP contribution is 2.31. The zero-order valence-corrected chi connectivity index (χ0v) is 12.4. The summed E-state index contributed by atoms with van der Waals surface area (Å²) in [7, 11) is 0. The fraction of sp³-hybridized carbons (Fsp3) is 0.462. The number of pyridine rings is 1. The number of hydrogen-bond donors (Lipinski definition) is 0. The number of aromatic nitrogens is 1. The molecule has 0 atom stereocenters. The maximum atomic E-state index is 12.7. The lowest BCUT2D eigenvalue weighted by Gasteiger charge is -2.14. The SMILES string of the molecule is CC.O=C(N=C1OCCCS1)c1cnccc1C(F)(F)F. The Bertz CT molecular complexity index is 510. The van der Waals surface area contributed by atoms with Crippen LogP contribution in [0.2, 0.25) is 0 Å². The molecule has 1 amide bonds. The molecule has 1 fully saturated rings. The van der Waals surface area contributed by atoms with E-state index in [-0.39, 0.29) is 5.23 Å². The molecule has 2 rings (SSSR count). The van der Waals surface area contributed by atoms with Gasteiger partial charge >= 0.3 is 6.18 Å². The molecule has 0 aliphatic carbocycles. The molecule has 0 unspecified atom stereocenters. The number of ether oxygens (including phenoxy) is 1. The van der Waals surface area contributed by atoms with E-state index in [0.29, 0.717) is 6.61 Å². The van der Waals surface area contributed by atoms with Gasteiger partial charge in [0, 0.05) is 18.1 Å². The first-order valence-electron chi connectivity index (χ1n) is 6.38. The predicted octanol–water partition coefficient (Wildman–Crippen LogP) is 3.78. The van der Waals surface area contributed by atoms with Crippen LogP contribution < -0.4 is 0 Å². The number of carbonyl (C=O) groups is 1. The highest BCUT2D eigenvalue weighted by molar-refractivity contribution is 8.13. The van der Waals surface area contributed by atoms with Gasteiger partial charge in [0.15, 0.2) is 0 Å². The zero-order chi connectivity index (χ0) is 15.9. The van der Waals surface area contributed by atoms with Gasteiger partial charge < -0.3 is 4.74 Å². The second kappa shape index (κ2) is 8.02. The van der Waals surface area contributed by atoms with Crippen molar-refractivity contribution >= 4 is 22.9 Å². The van der Waals surface area contributed by atoms with Crippen LogP contribution in [0, 0.1) is 0 Å². The summed E-state index contributed by atoms with van der Waals surface area (Å²) >= 11 is 1.20. The van der Waals surface area contributed by atoms with Gasteiger partial charge in [0.2, 0.25) is 0 Å². The van der Waals surface area contributed by atoms with E-state index in [4.69, 9.17) is 4.74 Å². The lowest BCUT2D eigenvalue weighted by Crippen LogP contribution is -2.16. The van der Waals surface area contributed by atoms with Crippen molar-refractivity contribution in [1.82, 2.24) is 4.98 Å². The highest BCUT2D eigenvalue weighted by atomic mass is 32.2. The number of rotatable bonds is 1. The normalized spacial score (nSPS) is 16.7. The van der Waals surface area contributed by atoms with Crippen LogP contribution in [0.1, 0.15) is 36.2 Å². The molecule has 1 aromatic rings. The molecular formula is C13H15F3N2O2S. The molecule has 8 heteroatoms. The summed E-state index contributed by atoms with van der Waals surface area (Å²) in [6.07, 6.45) is -1.95. The number of aliphatic imine (C=N–C) groups is 1. The van der Waals surface area contributed by atoms with Gasteiger partial charge in [0.1, 0.15) is 0 Å². The van der Waals surface area contributed by atoms with Crippen LogP contribution in [0.4, 0.5) is 13.2 Å². The van der Waals surface area contributed by atoms with E-state index in [2.05, 4.69) is 9.98 Å². The summed E-state index contributed by atoms with van der Waals surface area (Å²) in [5.41, 5.74) is -1.62. The van der Waals surface area contributed by atoms with Crippen LogP contribution in [0.5, 0.6) is 0 Å². The van der Waals surface area contributed by atoms with Gasteiger partial charge in [-0.3, -0.25) is 9.78 Å². The molecule has 0 saturated carbocycles. The van der Waals surface area contributed by atoms with Gasteiger partial charge in [-0.25, -0.2) is 0 Å². The number of thioether (sulfide) groups is 1. The fourth-order valence-electron chi connectivity index (χ4n) is 1.44. The quantitative estimate of drug-likeness (QED) is 0.790. The Kier molecular flexibility index (Phi) is 6.67. The second-order valence-corrected chi connectivity index (χ2v) is 4.70. The number of carbonyl (C=O) groups excluding carboxylic acids is 1. The number of alkyl halides is 3. The van der Waals surface area contributed by atoms with Crippen LogP contribution in [-0.4, -0.2) is 28.5 Å². The number of amides is 1. The third kappa shape index (κ3) is 5.04. The van der Waals surface area contributed by atoms with Crippen LogP contribution in [0.25, 0.3) is 0 Å². The van der Waals surface area contributed by atoms with Crippen molar-refractivity contribution in [3.63, 3.8) is 0 Å². The number of halogens is 3. The van der Waals surface area contributed by atoms with Gasteiger partial charge in [-0.05, 0) is 12.5 Å². The minimum atomic E-state index is -4.62. The van der Waals surface area contributed by atoms with Crippen molar-refractivity contribution in [1.29, 1.82) is 0 Å². The Morgan fingerprint density at radius 2 is 2.14 bits per heavy atom. The minimum absolute atomic E-state index is 0.105. The topological polar surface area (TPSA) is 51.5 Å². The van der Waals surface area contributed by atoms with Crippen molar-refractivity contribution in [2.24, 2.45) is 4.99 Å². The minimum Gasteiger partial charge on any atom is -0.473 e. The Morgan fingerprint density at radius 3 is 2.71 bits per heavy atom. The van der Waals surface area contributed by atoms with Crippen LogP contribution in [-0.2, 0) is 10.9 Å². The van der Waals surface area contributed by atoms with E-state index < -0.39 is 23.2 Å². The van der Waals surface area contributed by atoms with Crippen molar-refractivity contribution in [3.05, 3.63) is 29.6 Å². The van der Waals surface area contributed by atoms with Gasteiger partial charge in [-0.2, -0.15) is 18.2 Å². The molecule has 116 valence electrons. The number of nitrogens with zero attached hydrogens (tertiary/aromatic N) is 2. The highest BCUT2D eigenvalue weighted by Gasteiger charge is 2.35. The van der Waals surface area contributed by atoms with Gasteiger partial charge in [0.25, 0.3) is 11.1 Å². The monoisotopic (exact) mass is 320 g/mol. The Hall–Kier alpha value is -1.57. The van der Waals surface area contributed by atoms with Crippen LogP contribution in [0.15, 0.2) is 23.5 Å². The lowest BCUT2D eigenvalue weighted by atomic mass is 10.1. The third-order valence-corrected chi connectivity index (χ3v) is 3.24. The molecule has 0 radical (unpaired) electrons. The molecule has 1 saturated heterocycles. The first-order chi connectivity index (χ1) is 9.98. The molecule has 21 heavy (non-hydrogen) atoms. The first-order valence-corrected chi connectivity index (χ1v) is 7.37. The molecular weight excluding hydrogens is 305 g/mol. The standard InChI is InChI=1S/C11H9F3N2O2S.C2H6/c12-11(13,14)8-2-3-15-6-7(8)9(17)16-10-18-4-1-5-19-10;1-2/h2-3,6H,1,4-5H2;1-2H3. The summed E-state index contributed by atoms with van der Waals surface area (Å²) in [6.45, 7) is 4.41. The van der Waals surface area contributed by atoms with E-state index in [0.717, 1.165) is 30.6 Å². The van der Waals surface area contributed by atoms with E-state index >= 15 is 0 Å². The van der Waals surface area contributed by atoms with Crippen LogP contribution >= 0.6 is 11.8 Å². The molecule has 1 aliphatic rings. The first kappa shape index (κ1) is 17.5. The molecule has 2 heterocycles. The summed E-state index contributed by atoms with van der Waals surface area (Å²) in [5, 5.41) is 0.105. The Balaban J connectivity index is 0.00000106. The summed E-state index contributed by atoms with van der Waals surface area (Å²) in [5.74, 6) is -0.268. The molecule has 1 aromatic heterocycles. The predicted molar refractivity (Wildman–Crippen MR) is 75.4 cm³/mol. The summed E-state index contributed by atoms with van der Waals surface area (Å²) in [4.78, 5) is 18.9. The third-order valence-electron chi connectivity index (χ3n) is 2.29. The average molecular weight is 320 g/mol.